The highest BCUT2D eigenvalue weighted by molar-refractivity contribution is 7.99. The quantitative estimate of drug-likeness (QED) is 0.778. The Kier molecular flexibility index (Phi) is 6.02. The monoisotopic (exact) mass is 230 g/mol. The summed E-state index contributed by atoms with van der Waals surface area (Å²) in [6.45, 7) is 14.1. The average Bonchev–Trinajstić information content (AvgIpc) is 2.15. The lowest BCUT2D eigenvalue weighted by atomic mass is 10.1. The van der Waals surface area contributed by atoms with Crippen LogP contribution in [0.3, 0.4) is 0 Å². The molecule has 0 aliphatic carbocycles. The van der Waals surface area contributed by atoms with Crippen LogP contribution in [0.15, 0.2) is 0 Å². The molecule has 1 fully saturated rings. The first-order valence-electron chi connectivity index (χ1n) is 6.15. The summed E-state index contributed by atoms with van der Waals surface area (Å²) in [4.78, 5) is 2.62. The molecular weight excluding hydrogens is 204 g/mol. The van der Waals surface area contributed by atoms with Crippen LogP contribution in [-0.4, -0.2) is 48.1 Å². The van der Waals surface area contributed by atoms with Crippen molar-refractivity contribution in [3.63, 3.8) is 0 Å². The molecule has 1 rings (SSSR count). The van der Waals surface area contributed by atoms with Crippen molar-refractivity contribution in [2.24, 2.45) is 5.92 Å². The standard InChI is InChI=1S/C12H26N2S/c1-10(2)13-7-11(3)8-14-5-6-15-12(4)9-14/h10-13H,5-9H2,1-4H3. The molecule has 0 aromatic heterocycles. The zero-order valence-electron chi connectivity index (χ0n) is 10.6. The lowest BCUT2D eigenvalue weighted by molar-refractivity contribution is 0.242. The van der Waals surface area contributed by atoms with E-state index in [9.17, 15) is 0 Å². The van der Waals surface area contributed by atoms with Crippen LogP contribution >= 0.6 is 11.8 Å². The van der Waals surface area contributed by atoms with Gasteiger partial charge in [-0.1, -0.05) is 27.7 Å². The molecule has 1 aliphatic rings. The maximum atomic E-state index is 3.51. The second kappa shape index (κ2) is 6.77. The Hall–Kier alpha value is 0.270. The Morgan fingerprint density at radius 2 is 2.13 bits per heavy atom. The number of nitrogens with zero attached hydrogens (tertiary/aromatic N) is 1. The minimum atomic E-state index is 0.614. The molecule has 1 aliphatic heterocycles. The minimum Gasteiger partial charge on any atom is -0.314 e. The highest BCUT2D eigenvalue weighted by Gasteiger charge is 2.18. The fourth-order valence-electron chi connectivity index (χ4n) is 2.00. The Balaban J connectivity index is 2.16. The largest absolute Gasteiger partial charge is 0.314 e. The molecule has 0 aromatic rings. The zero-order valence-corrected chi connectivity index (χ0v) is 11.4. The summed E-state index contributed by atoms with van der Waals surface area (Å²) >= 11 is 2.11. The van der Waals surface area contributed by atoms with Gasteiger partial charge in [-0.25, -0.2) is 0 Å². The van der Waals surface area contributed by atoms with E-state index in [4.69, 9.17) is 0 Å². The van der Waals surface area contributed by atoms with Gasteiger partial charge in [0.2, 0.25) is 0 Å². The Morgan fingerprint density at radius 3 is 2.73 bits per heavy atom. The maximum Gasteiger partial charge on any atom is 0.0147 e. The first-order valence-corrected chi connectivity index (χ1v) is 7.20. The van der Waals surface area contributed by atoms with E-state index in [0.717, 1.165) is 17.7 Å². The van der Waals surface area contributed by atoms with Gasteiger partial charge in [-0.2, -0.15) is 11.8 Å². The third-order valence-corrected chi connectivity index (χ3v) is 3.91. The molecule has 0 bridgehead atoms. The van der Waals surface area contributed by atoms with Crippen molar-refractivity contribution >= 4 is 11.8 Å². The summed E-state index contributed by atoms with van der Waals surface area (Å²) in [5, 5.41) is 4.34. The molecule has 15 heavy (non-hydrogen) atoms. The first-order chi connectivity index (χ1) is 7.08. The number of thioether (sulfide) groups is 1. The fourth-order valence-corrected chi connectivity index (χ4v) is 3.08. The summed E-state index contributed by atoms with van der Waals surface area (Å²) in [6, 6.07) is 0.614. The van der Waals surface area contributed by atoms with Gasteiger partial charge in [0.15, 0.2) is 0 Å². The predicted molar refractivity (Wildman–Crippen MR) is 70.7 cm³/mol. The van der Waals surface area contributed by atoms with Crippen LogP contribution in [0, 0.1) is 5.92 Å². The lowest BCUT2D eigenvalue weighted by Gasteiger charge is -2.32. The van der Waals surface area contributed by atoms with E-state index in [1.165, 1.54) is 25.4 Å². The van der Waals surface area contributed by atoms with Gasteiger partial charge in [0.25, 0.3) is 0 Å². The van der Waals surface area contributed by atoms with Gasteiger partial charge in [0.1, 0.15) is 0 Å². The molecule has 1 N–H and O–H groups in total. The molecule has 1 heterocycles. The molecule has 0 aromatic carbocycles. The molecule has 3 heteroatoms. The smallest absolute Gasteiger partial charge is 0.0147 e. The van der Waals surface area contributed by atoms with Gasteiger partial charge in [-0.15, -0.1) is 0 Å². The summed E-state index contributed by atoms with van der Waals surface area (Å²) in [7, 11) is 0. The van der Waals surface area contributed by atoms with Crippen molar-refractivity contribution in [2.75, 3.05) is 31.9 Å². The van der Waals surface area contributed by atoms with E-state index in [-0.39, 0.29) is 0 Å². The number of rotatable bonds is 5. The van der Waals surface area contributed by atoms with Gasteiger partial charge >= 0.3 is 0 Å². The molecule has 1 saturated heterocycles. The molecule has 0 radical (unpaired) electrons. The minimum absolute atomic E-state index is 0.614. The van der Waals surface area contributed by atoms with Gasteiger partial charge < -0.3 is 10.2 Å². The van der Waals surface area contributed by atoms with Gasteiger partial charge in [0, 0.05) is 36.7 Å². The SMILES string of the molecule is CC(CNC(C)C)CN1CCSC(C)C1. The molecule has 2 nitrogen and oxygen atoms in total. The van der Waals surface area contributed by atoms with Gasteiger partial charge in [-0.3, -0.25) is 0 Å². The third kappa shape index (κ3) is 5.79. The van der Waals surface area contributed by atoms with Crippen LogP contribution in [-0.2, 0) is 0 Å². The summed E-state index contributed by atoms with van der Waals surface area (Å²) < 4.78 is 0. The fraction of sp³-hybridized carbons (Fsp3) is 1.00. The highest BCUT2D eigenvalue weighted by atomic mass is 32.2. The van der Waals surface area contributed by atoms with Crippen LogP contribution in [0.1, 0.15) is 27.7 Å². The number of hydrogen-bond donors (Lipinski definition) is 1. The lowest BCUT2D eigenvalue weighted by Crippen LogP contribution is -2.41. The van der Waals surface area contributed by atoms with Crippen molar-refractivity contribution < 1.29 is 0 Å². The summed E-state index contributed by atoms with van der Waals surface area (Å²) in [5.41, 5.74) is 0. The van der Waals surface area contributed by atoms with Crippen LogP contribution in [0.2, 0.25) is 0 Å². The van der Waals surface area contributed by atoms with Gasteiger partial charge in [-0.05, 0) is 12.5 Å². The second-order valence-electron chi connectivity index (χ2n) is 5.11. The van der Waals surface area contributed by atoms with Crippen molar-refractivity contribution in [1.82, 2.24) is 10.2 Å². The Bertz CT molecular complexity index is 173. The van der Waals surface area contributed by atoms with Crippen molar-refractivity contribution in [3.05, 3.63) is 0 Å². The number of nitrogens with one attached hydrogen (secondary N) is 1. The molecule has 2 unspecified atom stereocenters. The van der Waals surface area contributed by atoms with E-state index < -0.39 is 0 Å². The predicted octanol–water partition coefficient (Wildman–Crippen LogP) is 2.06. The molecule has 0 spiro atoms. The van der Waals surface area contributed by atoms with Crippen LogP contribution < -0.4 is 5.32 Å². The zero-order chi connectivity index (χ0) is 11.3. The third-order valence-electron chi connectivity index (χ3n) is 2.77. The Morgan fingerprint density at radius 1 is 1.40 bits per heavy atom. The van der Waals surface area contributed by atoms with Gasteiger partial charge in [0.05, 0.1) is 0 Å². The Labute approximate surface area is 99.2 Å². The van der Waals surface area contributed by atoms with E-state index in [2.05, 4.69) is 49.7 Å². The second-order valence-corrected chi connectivity index (χ2v) is 6.66. The molecule has 90 valence electrons. The van der Waals surface area contributed by atoms with E-state index in [1.807, 2.05) is 0 Å². The maximum absolute atomic E-state index is 3.51. The van der Waals surface area contributed by atoms with Crippen molar-refractivity contribution in [3.8, 4) is 0 Å². The van der Waals surface area contributed by atoms with Crippen LogP contribution in [0.25, 0.3) is 0 Å². The highest BCUT2D eigenvalue weighted by Crippen LogP contribution is 2.18. The van der Waals surface area contributed by atoms with Crippen LogP contribution in [0.4, 0.5) is 0 Å². The first kappa shape index (κ1) is 13.3. The summed E-state index contributed by atoms with van der Waals surface area (Å²) in [6.07, 6.45) is 0. The summed E-state index contributed by atoms with van der Waals surface area (Å²) in [5.74, 6) is 2.08. The van der Waals surface area contributed by atoms with Crippen LogP contribution in [0.5, 0.6) is 0 Å². The van der Waals surface area contributed by atoms with E-state index in [0.29, 0.717) is 6.04 Å². The molecule has 0 saturated carbocycles. The molecular formula is C12H26N2S. The topological polar surface area (TPSA) is 15.3 Å². The van der Waals surface area contributed by atoms with E-state index in [1.54, 1.807) is 0 Å². The van der Waals surface area contributed by atoms with Crippen molar-refractivity contribution in [1.29, 1.82) is 0 Å². The van der Waals surface area contributed by atoms with E-state index >= 15 is 0 Å². The molecule has 2 atom stereocenters. The molecule has 0 amide bonds. The average molecular weight is 230 g/mol. The van der Waals surface area contributed by atoms with Crippen molar-refractivity contribution in [2.45, 2.75) is 39.0 Å². The normalized spacial score (nSPS) is 25.8. The number of hydrogen-bond acceptors (Lipinski definition) is 3.